The van der Waals surface area contributed by atoms with Crippen LogP contribution in [0.3, 0.4) is 0 Å². The SMILES string of the molecule is Cn1ncc(Cl)c1CNC(=O)NC12CC3CC(CC(C3)C1)C2. The molecule has 120 valence electrons. The molecule has 0 unspecified atom stereocenters. The van der Waals surface area contributed by atoms with Gasteiger partial charge in [-0.3, -0.25) is 4.68 Å². The topological polar surface area (TPSA) is 59.0 Å². The molecule has 0 radical (unpaired) electrons. The van der Waals surface area contributed by atoms with Gasteiger partial charge in [-0.1, -0.05) is 11.6 Å². The largest absolute Gasteiger partial charge is 0.333 e. The molecule has 1 aromatic heterocycles. The predicted octanol–water partition coefficient (Wildman–Crippen LogP) is 2.84. The fourth-order valence-corrected chi connectivity index (χ4v) is 5.58. The molecule has 22 heavy (non-hydrogen) atoms. The van der Waals surface area contributed by atoms with E-state index in [-0.39, 0.29) is 11.6 Å². The van der Waals surface area contributed by atoms with Gasteiger partial charge in [0.1, 0.15) is 0 Å². The number of aromatic nitrogens is 2. The minimum atomic E-state index is -0.0702. The Morgan fingerprint density at radius 1 is 1.32 bits per heavy atom. The lowest BCUT2D eigenvalue weighted by atomic mass is 9.53. The highest BCUT2D eigenvalue weighted by Crippen LogP contribution is 2.55. The lowest BCUT2D eigenvalue weighted by Crippen LogP contribution is -2.61. The molecule has 1 aromatic rings. The minimum Gasteiger partial charge on any atom is -0.333 e. The van der Waals surface area contributed by atoms with Crippen molar-refractivity contribution >= 4 is 17.6 Å². The first-order valence-electron chi connectivity index (χ1n) is 8.25. The number of nitrogens with zero attached hydrogens (tertiary/aromatic N) is 2. The molecule has 4 bridgehead atoms. The molecule has 4 saturated carbocycles. The third kappa shape index (κ3) is 2.49. The highest BCUT2D eigenvalue weighted by atomic mass is 35.5. The van der Waals surface area contributed by atoms with E-state index in [4.69, 9.17) is 11.6 Å². The summed E-state index contributed by atoms with van der Waals surface area (Å²) < 4.78 is 1.70. The van der Waals surface area contributed by atoms with E-state index in [0.717, 1.165) is 23.4 Å². The Balaban J connectivity index is 1.38. The van der Waals surface area contributed by atoms with Crippen LogP contribution in [0.1, 0.15) is 44.2 Å². The summed E-state index contributed by atoms with van der Waals surface area (Å²) in [6, 6.07) is -0.0702. The van der Waals surface area contributed by atoms with Gasteiger partial charge in [-0.25, -0.2) is 4.79 Å². The molecule has 6 heteroatoms. The third-order valence-electron chi connectivity index (χ3n) is 5.84. The summed E-state index contributed by atoms with van der Waals surface area (Å²) >= 11 is 6.07. The zero-order valence-electron chi connectivity index (χ0n) is 12.9. The number of hydrogen-bond donors (Lipinski definition) is 2. The second kappa shape index (κ2) is 5.15. The molecule has 0 saturated heterocycles. The van der Waals surface area contributed by atoms with Crippen LogP contribution < -0.4 is 10.6 Å². The van der Waals surface area contributed by atoms with Crippen molar-refractivity contribution in [1.29, 1.82) is 0 Å². The predicted molar refractivity (Wildman–Crippen MR) is 84.5 cm³/mol. The summed E-state index contributed by atoms with van der Waals surface area (Å²) in [7, 11) is 1.83. The molecule has 0 aliphatic heterocycles. The first kappa shape index (κ1) is 14.4. The highest BCUT2D eigenvalue weighted by Gasteiger charge is 2.51. The summed E-state index contributed by atoms with van der Waals surface area (Å²) in [6.07, 6.45) is 9.25. The quantitative estimate of drug-likeness (QED) is 0.899. The average Bonchev–Trinajstić information content (AvgIpc) is 2.73. The van der Waals surface area contributed by atoms with Crippen molar-refractivity contribution in [2.45, 2.75) is 50.6 Å². The zero-order chi connectivity index (χ0) is 15.3. The Morgan fingerprint density at radius 3 is 2.41 bits per heavy atom. The van der Waals surface area contributed by atoms with Gasteiger partial charge in [0.05, 0.1) is 23.5 Å². The molecule has 0 aromatic carbocycles. The fourth-order valence-electron chi connectivity index (χ4n) is 5.35. The number of carbonyl (C=O) groups excluding carboxylic acids is 1. The van der Waals surface area contributed by atoms with Gasteiger partial charge in [-0.15, -0.1) is 0 Å². The lowest BCUT2D eigenvalue weighted by Gasteiger charge is -2.56. The number of carbonyl (C=O) groups is 1. The van der Waals surface area contributed by atoms with Crippen molar-refractivity contribution in [3.63, 3.8) is 0 Å². The smallest absolute Gasteiger partial charge is 0.315 e. The summed E-state index contributed by atoms with van der Waals surface area (Å²) in [4.78, 5) is 12.4. The number of amides is 2. The normalized spacial score (nSPS) is 35.6. The maximum Gasteiger partial charge on any atom is 0.315 e. The van der Waals surface area contributed by atoms with Gasteiger partial charge in [0.25, 0.3) is 0 Å². The standard InChI is InChI=1S/C16H23ClN4O/c1-21-14(13(17)8-19-21)9-18-15(22)20-16-5-10-2-11(6-16)4-12(3-10)7-16/h8,10-12H,2-7,9H2,1H3,(H2,18,20,22). The van der Waals surface area contributed by atoms with Crippen molar-refractivity contribution in [1.82, 2.24) is 20.4 Å². The van der Waals surface area contributed by atoms with E-state index in [1.807, 2.05) is 7.05 Å². The fraction of sp³-hybridized carbons (Fsp3) is 0.750. The summed E-state index contributed by atoms with van der Waals surface area (Å²) in [5.41, 5.74) is 0.886. The Bertz CT molecular complexity index is 542. The molecule has 0 atom stereocenters. The first-order chi connectivity index (χ1) is 10.5. The van der Waals surface area contributed by atoms with Gasteiger partial charge in [0.15, 0.2) is 0 Å². The third-order valence-corrected chi connectivity index (χ3v) is 6.16. The minimum absolute atomic E-state index is 0.0507. The molecule has 5 rings (SSSR count). The Morgan fingerprint density at radius 2 is 1.91 bits per heavy atom. The molecular weight excluding hydrogens is 300 g/mol. The molecule has 0 spiro atoms. The molecule has 4 fully saturated rings. The van der Waals surface area contributed by atoms with Gasteiger partial charge in [0, 0.05) is 12.6 Å². The second-order valence-electron chi connectivity index (χ2n) is 7.57. The van der Waals surface area contributed by atoms with E-state index in [2.05, 4.69) is 15.7 Å². The van der Waals surface area contributed by atoms with Crippen LogP contribution in [-0.4, -0.2) is 21.4 Å². The summed E-state index contributed by atoms with van der Waals surface area (Å²) in [5, 5.41) is 10.9. The molecule has 1 heterocycles. The van der Waals surface area contributed by atoms with E-state index in [1.165, 1.54) is 38.5 Å². The number of halogens is 1. The van der Waals surface area contributed by atoms with Crippen molar-refractivity contribution < 1.29 is 4.79 Å². The second-order valence-corrected chi connectivity index (χ2v) is 7.98. The molecule has 4 aliphatic carbocycles. The van der Waals surface area contributed by atoms with E-state index in [9.17, 15) is 4.79 Å². The van der Waals surface area contributed by atoms with Gasteiger partial charge in [-0.2, -0.15) is 5.10 Å². The molecule has 2 amide bonds. The van der Waals surface area contributed by atoms with E-state index in [1.54, 1.807) is 10.9 Å². The maximum absolute atomic E-state index is 12.4. The Kier molecular flexibility index (Phi) is 3.36. The van der Waals surface area contributed by atoms with Crippen LogP contribution in [0.5, 0.6) is 0 Å². The van der Waals surface area contributed by atoms with Crippen molar-refractivity contribution in [3.05, 3.63) is 16.9 Å². The Hall–Kier alpha value is -1.23. The molecule has 5 nitrogen and oxygen atoms in total. The van der Waals surface area contributed by atoms with Crippen molar-refractivity contribution in [3.8, 4) is 0 Å². The highest BCUT2D eigenvalue weighted by molar-refractivity contribution is 6.31. The van der Waals surface area contributed by atoms with Crippen LogP contribution >= 0.6 is 11.6 Å². The van der Waals surface area contributed by atoms with Crippen LogP contribution in [0.15, 0.2) is 6.20 Å². The van der Waals surface area contributed by atoms with E-state index >= 15 is 0 Å². The van der Waals surface area contributed by atoms with Crippen LogP contribution in [0.25, 0.3) is 0 Å². The molecular formula is C16H23ClN4O. The number of rotatable bonds is 3. The van der Waals surface area contributed by atoms with E-state index < -0.39 is 0 Å². The average molecular weight is 323 g/mol. The monoisotopic (exact) mass is 322 g/mol. The van der Waals surface area contributed by atoms with Crippen LogP contribution in [0.4, 0.5) is 4.79 Å². The lowest BCUT2D eigenvalue weighted by molar-refractivity contribution is -0.0135. The van der Waals surface area contributed by atoms with Crippen molar-refractivity contribution in [2.24, 2.45) is 24.8 Å². The van der Waals surface area contributed by atoms with Crippen LogP contribution in [-0.2, 0) is 13.6 Å². The van der Waals surface area contributed by atoms with Gasteiger partial charge in [0.2, 0.25) is 0 Å². The van der Waals surface area contributed by atoms with Gasteiger partial charge < -0.3 is 10.6 Å². The Labute approximate surface area is 135 Å². The number of urea groups is 1. The first-order valence-corrected chi connectivity index (χ1v) is 8.63. The summed E-state index contributed by atoms with van der Waals surface area (Å²) in [6.45, 7) is 0.410. The van der Waals surface area contributed by atoms with Crippen LogP contribution in [0.2, 0.25) is 5.02 Å². The molecule has 4 aliphatic rings. The maximum atomic E-state index is 12.4. The number of aryl methyl sites for hydroxylation is 1. The van der Waals surface area contributed by atoms with Gasteiger partial charge >= 0.3 is 6.03 Å². The number of nitrogens with one attached hydrogen (secondary N) is 2. The summed E-state index contributed by atoms with van der Waals surface area (Å²) in [5.74, 6) is 2.49. The van der Waals surface area contributed by atoms with Crippen molar-refractivity contribution in [2.75, 3.05) is 0 Å². The van der Waals surface area contributed by atoms with Gasteiger partial charge in [-0.05, 0) is 56.3 Å². The van der Waals surface area contributed by atoms with E-state index in [0.29, 0.717) is 11.6 Å². The number of hydrogen-bond acceptors (Lipinski definition) is 2. The zero-order valence-corrected chi connectivity index (χ0v) is 13.7. The van der Waals surface area contributed by atoms with Crippen LogP contribution in [0, 0.1) is 17.8 Å². The molecule has 2 N–H and O–H groups in total.